The zero-order valence-electron chi connectivity index (χ0n) is 10.0. The van der Waals surface area contributed by atoms with E-state index >= 15 is 0 Å². The van der Waals surface area contributed by atoms with Crippen molar-refractivity contribution in [1.29, 1.82) is 0 Å². The summed E-state index contributed by atoms with van der Waals surface area (Å²) in [6.07, 6.45) is 7.10. The molecule has 3 nitrogen and oxygen atoms in total. The lowest BCUT2D eigenvalue weighted by Gasteiger charge is -2.25. The third kappa shape index (κ3) is 3.77. The first-order valence-electron chi connectivity index (χ1n) is 6.18. The summed E-state index contributed by atoms with van der Waals surface area (Å²) in [4.78, 5) is 16.0. The van der Waals surface area contributed by atoms with Crippen molar-refractivity contribution in [2.75, 3.05) is 6.54 Å². The van der Waals surface area contributed by atoms with Crippen LogP contribution in [-0.4, -0.2) is 22.3 Å². The third-order valence-corrected chi connectivity index (χ3v) is 4.07. The molecule has 0 bridgehead atoms. The van der Waals surface area contributed by atoms with Crippen LogP contribution in [0.1, 0.15) is 36.0 Å². The molecule has 1 N–H and O–H groups in total. The van der Waals surface area contributed by atoms with Gasteiger partial charge in [0.15, 0.2) is 0 Å². The molecule has 18 heavy (non-hydrogen) atoms. The zero-order valence-corrected chi connectivity index (χ0v) is 11.6. The highest BCUT2D eigenvalue weighted by atomic mass is 79.9. The van der Waals surface area contributed by atoms with Crippen LogP contribution in [0.25, 0.3) is 0 Å². The number of amides is 1. The first kappa shape index (κ1) is 13.5. The molecule has 5 heteroatoms. The number of pyridine rings is 1. The van der Waals surface area contributed by atoms with Crippen LogP contribution in [0.4, 0.5) is 4.39 Å². The van der Waals surface area contributed by atoms with Crippen molar-refractivity contribution in [1.82, 2.24) is 10.3 Å². The van der Waals surface area contributed by atoms with Crippen molar-refractivity contribution in [2.45, 2.75) is 30.5 Å². The maximum Gasteiger partial charge on any atom is 0.252 e. The molecule has 0 spiro atoms. The standard InChI is InChI=1S/C13H16BrFN2O/c14-11-3-1-2-9(4-11)6-17-13(18)10-5-12(15)8-16-7-10/h5,7-9,11H,1-4,6H2,(H,17,18). The lowest BCUT2D eigenvalue weighted by molar-refractivity contribution is 0.0943. The highest BCUT2D eigenvalue weighted by molar-refractivity contribution is 9.09. The number of carbonyl (C=O) groups is 1. The van der Waals surface area contributed by atoms with Gasteiger partial charge in [-0.3, -0.25) is 9.78 Å². The van der Waals surface area contributed by atoms with Crippen LogP contribution in [-0.2, 0) is 0 Å². The number of rotatable bonds is 3. The Balaban J connectivity index is 1.84. The molecule has 1 saturated carbocycles. The number of carbonyl (C=O) groups excluding carboxylic acids is 1. The van der Waals surface area contributed by atoms with Gasteiger partial charge in [0.2, 0.25) is 0 Å². The second-order valence-electron chi connectivity index (χ2n) is 4.73. The summed E-state index contributed by atoms with van der Waals surface area (Å²) in [5.41, 5.74) is 0.279. The average molecular weight is 315 g/mol. The highest BCUT2D eigenvalue weighted by Gasteiger charge is 2.20. The molecule has 1 heterocycles. The van der Waals surface area contributed by atoms with Crippen LogP contribution in [0, 0.1) is 11.7 Å². The molecule has 2 atom stereocenters. The molecule has 0 saturated heterocycles. The first-order chi connectivity index (χ1) is 8.65. The Bertz CT molecular complexity index is 427. The molecule has 1 aromatic rings. The van der Waals surface area contributed by atoms with Gasteiger partial charge in [0, 0.05) is 17.6 Å². The lowest BCUT2D eigenvalue weighted by atomic mass is 9.89. The molecule has 0 radical (unpaired) electrons. The van der Waals surface area contributed by atoms with E-state index < -0.39 is 5.82 Å². The van der Waals surface area contributed by atoms with Gasteiger partial charge in [0.1, 0.15) is 5.82 Å². The first-order valence-corrected chi connectivity index (χ1v) is 7.09. The number of hydrogen-bond donors (Lipinski definition) is 1. The van der Waals surface area contributed by atoms with E-state index in [1.54, 1.807) is 0 Å². The second kappa shape index (κ2) is 6.27. The molecule has 1 amide bonds. The number of nitrogens with one attached hydrogen (secondary N) is 1. The maximum absolute atomic E-state index is 12.9. The predicted molar refractivity (Wildman–Crippen MR) is 71.2 cm³/mol. The fourth-order valence-electron chi connectivity index (χ4n) is 2.29. The zero-order chi connectivity index (χ0) is 13.0. The van der Waals surface area contributed by atoms with Crippen LogP contribution in [0.5, 0.6) is 0 Å². The van der Waals surface area contributed by atoms with Gasteiger partial charge >= 0.3 is 0 Å². The van der Waals surface area contributed by atoms with E-state index in [1.165, 1.54) is 25.1 Å². The minimum absolute atomic E-state index is 0.251. The highest BCUT2D eigenvalue weighted by Crippen LogP contribution is 2.28. The topological polar surface area (TPSA) is 42.0 Å². The molecule has 1 aliphatic rings. The number of alkyl halides is 1. The Morgan fingerprint density at radius 1 is 1.50 bits per heavy atom. The Morgan fingerprint density at radius 3 is 3.06 bits per heavy atom. The molecule has 0 aromatic carbocycles. The lowest BCUT2D eigenvalue weighted by Crippen LogP contribution is -2.32. The summed E-state index contributed by atoms with van der Waals surface area (Å²) in [7, 11) is 0. The van der Waals surface area contributed by atoms with Gasteiger partial charge in [-0.25, -0.2) is 4.39 Å². The van der Waals surface area contributed by atoms with Gasteiger partial charge in [-0.1, -0.05) is 22.4 Å². The largest absolute Gasteiger partial charge is 0.352 e. The van der Waals surface area contributed by atoms with E-state index in [0.717, 1.165) is 19.0 Å². The van der Waals surface area contributed by atoms with E-state index in [4.69, 9.17) is 0 Å². The minimum Gasteiger partial charge on any atom is -0.352 e. The molecule has 1 aromatic heterocycles. The molecular weight excluding hydrogens is 299 g/mol. The fourth-order valence-corrected chi connectivity index (χ4v) is 3.14. The Morgan fingerprint density at radius 2 is 2.33 bits per heavy atom. The molecular formula is C13H16BrFN2O. The van der Waals surface area contributed by atoms with Crippen molar-refractivity contribution < 1.29 is 9.18 Å². The predicted octanol–water partition coefficient (Wildman–Crippen LogP) is 2.90. The number of hydrogen-bond acceptors (Lipinski definition) is 2. The Hall–Kier alpha value is -0.970. The van der Waals surface area contributed by atoms with E-state index in [-0.39, 0.29) is 11.5 Å². The van der Waals surface area contributed by atoms with Gasteiger partial charge < -0.3 is 5.32 Å². The van der Waals surface area contributed by atoms with Crippen LogP contribution >= 0.6 is 15.9 Å². The van der Waals surface area contributed by atoms with E-state index in [0.29, 0.717) is 17.3 Å². The summed E-state index contributed by atoms with van der Waals surface area (Å²) < 4.78 is 12.9. The van der Waals surface area contributed by atoms with Crippen molar-refractivity contribution in [2.24, 2.45) is 5.92 Å². The maximum atomic E-state index is 12.9. The van der Waals surface area contributed by atoms with Gasteiger partial charge in [-0.15, -0.1) is 0 Å². The fraction of sp³-hybridized carbons (Fsp3) is 0.538. The van der Waals surface area contributed by atoms with Gasteiger partial charge in [-0.2, -0.15) is 0 Å². The summed E-state index contributed by atoms with van der Waals surface area (Å²) in [6.45, 7) is 0.650. The van der Waals surface area contributed by atoms with Crippen molar-refractivity contribution >= 4 is 21.8 Å². The van der Waals surface area contributed by atoms with Crippen molar-refractivity contribution in [3.8, 4) is 0 Å². The molecule has 2 rings (SSSR count). The second-order valence-corrected chi connectivity index (χ2v) is 6.03. The monoisotopic (exact) mass is 314 g/mol. The Kier molecular flexibility index (Phi) is 4.69. The summed E-state index contributed by atoms with van der Waals surface area (Å²) >= 11 is 3.62. The van der Waals surface area contributed by atoms with Crippen LogP contribution in [0.15, 0.2) is 18.5 Å². The summed E-state index contributed by atoms with van der Waals surface area (Å²) in [5, 5.41) is 2.85. The molecule has 1 fully saturated rings. The van der Waals surface area contributed by atoms with Crippen LogP contribution < -0.4 is 5.32 Å². The quantitative estimate of drug-likeness (QED) is 0.872. The van der Waals surface area contributed by atoms with E-state index in [9.17, 15) is 9.18 Å². The number of nitrogens with zero attached hydrogens (tertiary/aromatic N) is 1. The van der Waals surface area contributed by atoms with Crippen LogP contribution in [0.2, 0.25) is 0 Å². The average Bonchev–Trinajstić information content (AvgIpc) is 2.36. The minimum atomic E-state index is -0.485. The van der Waals surface area contributed by atoms with Gasteiger partial charge in [0.05, 0.1) is 11.8 Å². The summed E-state index contributed by atoms with van der Waals surface area (Å²) in [6, 6.07) is 1.20. The van der Waals surface area contributed by atoms with Crippen molar-refractivity contribution in [3.63, 3.8) is 0 Å². The van der Waals surface area contributed by atoms with Gasteiger partial charge in [-0.05, 0) is 31.2 Å². The molecule has 2 unspecified atom stereocenters. The summed E-state index contributed by atoms with van der Waals surface area (Å²) in [5.74, 6) is -0.229. The van der Waals surface area contributed by atoms with Crippen LogP contribution in [0.3, 0.4) is 0 Å². The van der Waals surface area contributed by atoms with E-state index in [2.05, 4.69) is 26.2 Å². The number of aromatic nitrogens is 1. The van der Waals surface area contributed by atoms with Gasteiger partial charge in [0.25, 0.3) is 5.91 Å². The van der Waals surface area contributed by atoms with E-state index in [1.807, 2.05) is 0 Å². The smallest absolute Gasteiger partial charge is 0.252 e. The third-order valence-electron chi connectivity index (χ3n) is 3.24. The number of halogens is 2. The Labute approximate surface area is 114 Å². The SMILES string of the molecule is O=C(NCC1CCCC(Br)C1)c1cncc(F)c1. The molecule has 98 valence electrons. The van der Waals surface area contributed by atoms with Crippen molar-refractivity contribution in [3.05, 3.63) is 29.8 Å². The molecule has 1 aliphatic carbocycles. The normalized spacial score (nSPS) is 23.7. The molecule has 0 aliphatic heterocycles.